The molecule has 1 aliphatic heterocycles. The van der Waals surface area contributed by atoms with E-state index in [1.165, 1.54) is 12.8 Å². The third-order valence-corrected chi connectivity index (χ3v) is 3.81. The minimum absolute atomic E-state index is 0.383. The molecule has 1 aliphatic rings. The molecule has 4 heteroatoms. The second-order valence-corrected chi connectivity index (χ2v) is 5.39. The van der Waals surface area contributed by atoms with Crippen LogP contribution in [0.25, 0.3) is 0 Å². The van der Waals surface area contributed by atoms with Crippen LogP contribution in [-0.2, 0) is 13.0 Å². The highest BCUT2D eigenvalue weighted by Gasteiger charge is 2.26. The summed E-state index contributed by atoms with van der Waals surface area (Å²) in [5.41, 5.74) is 1.80. The van der Waals surface area contributed by atoms with E-state index in [2.05, 4.69) is 34.8 Å². The van der Waals surface area contributed by atoms with Gasteiger partial charge in [-0.1, -0.05) is 13.8 Å². The molecule has 18 heavy (non-hydrogen) atoms. The molecule has 0 saturated heterocycles. The SMILES string of the molecule is CNCC(c1nc(C#N)c2n1CCCC2)C(C)C. The highest BCUT2D eigenvalue weighted by molar-refractivity contribution is 5.31. The van der Waals surface area contributed by atoms with Gasteiger partial charge in [0.2, 0.25) is 0 Å². The maximum atomic E-state index is 9.22. The first-order chi connectivity index (χ1) is 8.69. The van der Waals surface area contributed by atoms with Crippen molar-refractivity contribution in [2.45, 2.75) is 45.6 Å². The number of rotatable bonds is 4. The lowest BCUT2D eigenvalue weighted by Gasteiger charge is -2.24. The molecule has 1 atom stereocenters. The summed E-state index contributed by atoms with van der Waals surface area (Å²) in [6.45, 7) is 6.38. The molecule has 2 heterocycles. The molecular weight excluding hydrogens is 224 g/mol. The van der Waals surface area contributed by atoms with Crippen molar-refractivity contribution in [3.8, 4) is 6.07 Å². The second-order valence-electron chi connectivity index (χ2n) is 5.39. The van der Waals surface area contributed by atoms with Crippen molar-refractivity contribution >= 4 is 0 Å². The first-order valence-electron chi connectivity index (χ1n) is 6.83. The molecular formula is C14H22N4. The molecule has 1 aromatic heterocycles. The summed E-state index contributed by atoms with van der Waals surface area (Å²) in [6.07, 6.45) is 3.38. The molecule has 0 bridgehead atoms. The van der Waals surface area contributed by atoms with Gasteiger partial charge < -0.3 is 9.88 Å². The predicted molar refractivity (Wildman–Crippen MR) is 71.4 cm³/mol. The van der Waals surface area contributed by atoms with E-state index in [1.54, 1.807) is 0 Å². The smallest absolute Gasteiger partial charge is 0.161 e. The lowest BCUT2D eigenvalue weighted by Crippen LogP contribution is -2.25. The Labute approximate surface area is 109 Å². The maximum Gasteiger partial charge on any atom is 0.161 e. The van der Waals surface area contributed by atoms with Gasteiger partial charge in [0.1, 0.15) is 11.9 Å². The average molecular weight is 246 g/mol. The van der Waals surface area contributed by atoms with Crippen LogP contribution in [0, 0.1) is 17.2 Å². The van der Waals surface area contributed by atoms with Crippen molar-refractivity contribution in [3.63, 3.8) is 0 Å². The van der Waals surface area contributed by atoms with Crippen molar-refractivity contribution < 1.29 is 0 Å². The molecule has 0 spiro atoms. The van der Waals surface area contributed by atoms with Gasteiger partial charge in [-0.2, -0.15) is 5.26 Å². The zero-order chi connectivity index (χ0) is 13.1. The number of nitriles is 1. The summed E-state index contributed by atoms with van der Waals surface area (Å²) in [4.78, 5) is 4.61. The van der Waals surface area contributed by atoms with Crippen LogP contribution in [0.4, 0.5) is 0 Å². The molecule has 0 saturated carbocycles. The largest absolute Gasteiger partial charge is 0.330 e. The third kappa shape index (κ3) is 2.28. The van der Waals surface area contributed by atoms with Crippen molar-refractivity contribution in [2.75, 3.05) is 13.6 Å². The predicted octanol–water partition coefficient (Wildman–Crippen LogP) is 2.05. The van der Waals surface area contributed by atoms with Crippen LogP contribution in [0.2, 0.25) is 0 Å². The highest BCUT2D eigenvalue weighted by atomic mass is 15.1. The number of nitrogens with one attached hydrogen (secondary N) is 1. The second kappa shape index (κ2) is 5.53. The van der Waals surface area contributed by atoms with Crippen LogP contribution in [0.5, 0.6) is 0 Å². The molecule has 0 aliphatic carbocycles. The first kappa shape index (κ1) is 13.1. The zero-order valence-corrected chi connectivity index (χ0v) is 11.5. The molecule has 2 rings (SSSR count). The Hall–Kier alpha value is -1.34. The van der Waals surface area contributed by atoms with Gasteiger partial charge >= 0.3 is 0 Å². The Kier molecular flexibility index (Phi) is 4.03. The molecule has 1 unspecified atom stereocenters. The van der Waals surface area contributed by atoms with Crippen LogP contribution >= 0.6 is 0 Å². The zero-order valence-electron chi connectivity index (χ0n) is 11.5. The van der Waals surface area contributed by atoms with Crippen LogP contribution in [0.1, 0.15) is 49.8 Å². The van der Waals surface area contributed by atoms with E-state index < -0.39 is 0 Å². The monoisotopic (exact) mass is 246 g/mol. The Morgan fingerprint density at radius 3 is 2.83 bits per heavy atom. The first-order valence-corrected chi connectivity index (χ1v) is 6.83. The summed E-state index contributed by atoms with van der Waals surface area (Å²) in [6, 6.07) is 2.26. The highest BCUT2D eigenvalue weighted by Crippen LogP contribution is 2.28. The molecule has 0 radical (unpaired) electrons. The van der Waals surface area contributed by atoms with E-state index in [0.717, 1.165) is 31.0 Å². The fourth-order valence-corrected chi connectivity index (χ4v) is 2.79. The van der Waals surface area contributed by atoms with Gasteiger partial charge in [0.25, 0.3) is 0 Å². The van der Waals surface area contributed by atoms with Crippen LogP contribution in [-0.4, -0.2) is 23.1 Å². The number of aromatic nitrogens is 2. The Morgan fingerprint density at radius 2 is 2.22 bits per heavy atom. The Balaban J connectivity index is 2.43. The molecule has 0 amide bonds. The van der Waals surface area contributed by atoms with Crippen molar-refractivity contribution in [2.24, 2.45) is 5.92 Å². The third-order valence-electron chi connectivity index (χ3n) is 3.81. The number of imidazole rings is 1. The molecule has 0 fully saturated rings. The van der Waals surface area contributed by atoms with Crippen molar-refractivity contribution in [1.29, 1.82) is 5.26 Å². The number of hydrogen-bond donors (Lipinski definition) is 1. The lowest BCUT2D eigenvalue weighted by atomic mass is 9.94. The Bertz CT molecular complexity index is 453. The summed E-state index contributed by atoms with van der Waals surface area (Å²) in [5.74, 6) is 2.01. The summed E-state index contributed by atoms with van der Waals surface area (Å²) < 4.78 is 2.30. The van der Waals surface area contributed by atoms with E-state index in [-0.39, 0.29) is 0 Å². The number of likely N-dealkylation sites (N-methyl/N-ethyl adjacent to an activating group) is 1. The summed E-state index contributed by atoms with van der Waals surface area (Å²) in [7, 11) is 1.97. The standard InChI is InChI=1S/C14H22N4/c1-10(2)11(9-16-3)14-17-12(8-15)13-6-4-5-7-18(13)14/h10-11,16H,4-7,9H2,1-3H3. The average Bonchev–Trinajstić information content (AvgIpc) is 2.74. The van der Waals surface area contributed by atoms with Gasteiger partial charge in [0.15, 0.2) is 5.69 Å². The summed E-state index contributed by atoms with van der Waals surface area (Å²) >= 11 is 0. The maximum absolute atomic E-state index is 9.22. The topological polar surface area (TPSA) is 53.6 Å². The molecule has 98 valence electrons. The molecule has 1 aromatic rings. The molecule has 1 N–H and O–H groups in total. The van der Waals surface area contributed by atoms with E-state index >= 15 is 0 Å². The van der Waals surface area contributed by atoms with E-state index in [4.69, 9.17) is 0 Å². The quantitative estimate of drug-likeness (QED) is 0.884. The van der Waals surface area contributed by atoms with Crippen LogP contribution in [0.3, 0.4) is 0 Å². The van der Waals surface area contributed by atoms with E-state index in [0.29, 0.717) is 17.5 Å². The van der Waals surface area contributed by atoms with E-state index in [9.17, 15) is 5.26 Å². The fourth-order valence-electron chi connectivity index (χ4n) is 2.79. The van der Waals surface area contributed by atoms with Crippen LogP contribution in [0.15, 0.2) is 0 Å². The lowest BCUT2D eigenvalue weighted by molar-refractivity contribution is 0.420. The minimum atomic E-state index is 0.383. The van der Waals surface area contributed by atoms with Crippen molar-refractivity contribution in [3.05, 3.63) is 17.2 Å². The van der Waals surface area contributed by atoms with Crippen molar-refractivity contribution in [1.82, 2.24) is 14.9 Å². The molecule has 0 aromatic carbocycles. The fraction of sp³-hybridized carbons (Fsp3) is 0.714. The number of fused-ring (bicyclic) bond motifs is 1. The number of nitrogens with zero attached hydrogens (tertiary/aromatic N) is 3. The molecule has 4 nitrogen and oxygen atoms in total. The summed E-state index contributed by atoms with van der Waals surface area (Å²) in [5, 5.41) is 12.5. The van der Waals surface area contributed by atoms with Gasteiger partial charge in [0, 0.05) is 19.0 Å². The van der Waals surface area contributed by atoms with Gasteiger partial charge in [-0.3, -0.25) is 0 Å². The van der Waals surface area contributed by atoms with Gasteiger partial charge in [0.05, 0.1) is 5.69 Å². The van der Waals surface area contributed by atoms with Gasteiger partial charge in [-0.05, 0) is 32.2 Å². The minimum Gasteiger partial charge on any atom is -0.330 e. The van der Waals surface area contributed by atoms with E-state index in [1.807, 2.05) is 7.05 Å². The Morgan fingerprint density at radius 1 is 1.44 bits per heavy atom. The van der Waals surface area contributed by atoms with Gasteiger partial charge in [-0.15, -0.1) is 0 Å². The van der Waals surface area contributed by atoms with Gasteiger partial charge in [-0.25, -0.2) is 4.98 Å². The normalized spacial score (nSPS) is 16.4. The van der Waals surface area contributed by atoms with Crippen LogP contribution < -0.4 is 5.32 Å². The number of hydrogen-bond acceptors (Lipinski definition) is 3.